The molecule has 8 heteroatoms. The van der Waals surface area contributed by atoms with Gasteiger partial charge in [0.05, 0.1) is 17.9 Å². The zero-order valence-electron chi connectivity index (χ0n) is 16.7. The van der Waals surface area contributed by atoms with Gasteiger partial charge >= 0.3 is 12.0 Å². The zero-order valence-corrected chi connectivity index (χ0v) is 16.7. The fraction of sp³-hybridized carbons (Fsp3) is 0.500. The molecule has 0 aliphatic carbocycles. The smallest absolute Gasteiger partial charge is 0.340 e. The second-order valence-electron chi connectivity index (χ2n) is 7.40. The number of imide groups is 1. The first-order valence-corrected chi connectivity index (χ1v) is 9.38. The van der Waals surface area contributed by atoms with E-state index in [1.54, 1.807) is 32.0 Å². The standard InChI is InChI=1S/C20H27N3O5/c1-5-28-17(25)14-8-6-7-9-15(14)21-16(24)12-23-18(26)20(4,22-19(23)27)11-10-13(2)3/h6-9,13H,5,10-12H2,1-4H3,(H,21,24)(H,22,27)/t20-/m0/s1. The minimum absolute atomic E-state index is 0.205. The Morgan fingerprint density at radius 2 is 1.93 bits per heavy atom. The molecule has 2 rings (SSSR count). The van der Waals surface area contributed by atoms with Crippen molar-refractivity contribution in [3.8, 4) is 0 Å². The van der Waals surface area contributed by atoms with Gasteiger partial charge in [0.25, 0.3) is 5.91 Å². The van der Waals surface area contributed by atoms with Gasteiger partial charge in [-0.25, -0.2) is 9.59 Å². The molecular weight excluding hydrogens is 362 g/mol. The van der Waals surface area contributed by atoms with E-state index < -0.39 is 35.9 Å². The van der Waals surface area contributed by atoms with Crippen LogP contribution in [0.5, 0.6) is 0 Å². The number of carbonyl (C=O) groups is 4. The Bertz CT molecular complexity index is 777. The molecule has 1 fully saturated rings. The summed E-state index contributed by atoms with van der Waals surface area (Å²) in [6, 6.07) is 5.81. The van der Waals surface area contributed by atoms with Crippen molar-refractivity contribution in [3.63, 3.8) is 0 Å². The summed E-state index contributed by atoms with van der Waals surface area (Å²) in [6.07, 6.45) is 1.27. The van der Waals surface area contributed by atoms with Crippen LogP contribution in [-0.2, 0) is 14.3 Å². The lowest BCUT2D eigenvalue weighted by atomic mass is 9.92. The van der Waals surface area contributed by atoms with Crippen LogP contribution in [0.15, 0.2) is 24.3 Å². The van der Waals surface area contributed by atoms with Gasteiger partial charge in [0, 0.05) is 0 Å². The molecule has 152 valence electrons. The van der Waals surface area contributed by atoms with Crippen molar-refractivity contribution >= 4 is 29.5 Å². The van der Waals surface area contributed by atoms with Crippen LogP contribution in [0.2, 0.25) is 0 Å². The molecule has 0 radical (unpaired) electrons. The SMILES string of the molecule is CCOC(=O)c1ccccc1NC(=O)CN1C(=O)N[C@@](C)(CCC(C)C)C1=O. The maximum atomic E-state index is 12.7. The highest BCUT2D eigenvalue weighted by Gasteiger charge is 2.47. The van der Waals surface area contributed by atoms with Gasteiger partial charge in [0.1, 0.15) is 12.1 Å². The summed E-state index contributed by atoms with van der Waals surface area (Å²) >= 11 is 0. The third-order valence-corrected chi connectivity index (χ3v) is 4.57. The number of para-hydroxylation sites is 1. The molecule has 0 saturated carbocycles. The number of amides is 4. The van der Waals surface area contributed by atoms with Crippen LogP contribution >= 0.6 is 0 Å². The van der Waals surface area contributed by atoms with Crippen LogP contribution < -0.4 is 10.6 Å². The molecule has 0 aromatic heterocycles. The Morgan fingerprint density at radius 3 is 2.57 bits per heavy atom. The Hall–Kier alpha value is -2.90. The highest BCUT2D eigenvalue weighted by molar-refractivity contribution is 6.10. The molecule has 2 N–H and O–H groups in total. The van der Waals surface area contributed by atoms with E-state index in [1.165, 1.54) is 6.07 Å². The minimum atomic E-state index is -1.01. The van der Waals surface area contributed by atoms with Crippen molar-refractivity contribution in [1.82, 2.24) is 10.2 Å². The number of esters is 1. The van der Waals surface area contributed by atoms with Crippen molar-refractivity contribution in [2.24, 2.45) is 5.92 Å². The second kappa shape index (κ2) is 8.86. The fourth-order valence-corrected chi connectivity index (χ4v) is 2.95. The van der Waals surface area contributed by atoms with Gasteiger partial charge in [-0.15, -0.1) is 0 Å². The van der Waals surface area contributed by atoms with Crippen molar-refractivity contribution < 1.29 is 23.9 Å². The third kappa shape index (κ3) is 4.88. The Labute approximate surface area is 164 Å². The molecule has 8 nitrogen and oxygen atoms in total. The normalized spacial score (nSPS) is 19.0. The van der Waals surface area contributed by atoms with E-state index in [0.29, 0.717) is 12.3 Å². The molecular formula is C20H27N3O5. The van der Waals surface area contributed by atoms with Crippen LogP contribution in [0.3, 0.4) is 0 Å². The van der Waals surface area contributed by atoms with Gasteiger partial charge < -0.3 is 15.4 Å². The average molecular weight is 389 g/mol. The molecule has 0 bridgehead atoms. The summed E-state index contributed by atoms with van der Waals surface area (Å²) in [5.74, 6) is -1.17. The van der Waals surface area contributed by atoms with Crippen LogP contribution in [-0.4, -0.2) is 47.4 Å². The van der Waals surface area contributed by atoms with Gasteiger partial charge in [-0.05, 0) is 44.7 Å². The highest BCUT2D eigenvalue weighted by Crippen LogP contribution is 2.25. The molecule has 1 heterocycles. The Morgan fingerprint density at radius 1 is 1.25 bits per heavy atom. The Balaban J connectivity index is 2.07. The number of hydrogen-bond acceptors (Lipinski definition) is 5. The number of ether oxygens (including phenoxy) is 1. The van der Waals surface area contributed by atoms with E-state index in [4.69, 9.17) is 4.74 Å². The summed E-state index contributed by atoms with van der Waals surface area (Å²) in [5.41, 5.74) is -0.540. The molecule has 28 heavy (non-hydrogen) atoms. The quantitative estimate of drug-likeness (QED) is 0.525. The summed E-state index contributed by atoms with van der Waals surface area (Å²) in [5, 5.41) is 5.27. The number of rotatable bonds is 8. The average Bonchev–Trinajstić information content (AvgIpc) is 2.84. The number of urea groups is 1. The lowest BCUT2D eigenvalue weighted by molar-refractivity contribution is -0.133. The molecule has 1 aromatic carbocycles. The van der Waals surface area contributed by atoms with E-state index >= 15 is 0 Å². The summed E-state index contributed by atoms with van der Waals surface area (Å²) in [4.78, 5) is 50.3. The zero-order chi connectivity index (χ0) is 20.9. The highest BCUT2D eigenvalue weighted by atomic mass is 16.5. The minimum Gasteiger partial charge on any atom is -0.462 e. The van der Waals surface area contributed by atoms with E-state index in [1.807, 2.05) is 13.8 Å². The number of anilines is 1. The molecule has 1 aliphatic heterocycles. The van der Waals surface area contributed by atoms with E-state index in [9.17, 15) is 19.2 Å². The van der Waals surface area contributed by atoms with Crippen LogP contribution in [0.4, 0.5) is 10.5 Å². The molecule has 0 spiro atoms. The van der Waals surface area contributed by atoms with Crippen molar-refractivity contribution in [3.05, 3.63) is 29.8 Å². The molecule has 1 atom stereocenters. The summed E-state index contributed by atoms with van der Waals surface area (Å²) < 4.78 is 4.97. The van der Waals surface area contributed by atoms with Crippen molar-refractivity contribution in [2.75, 3.05) is 18.5 Å². The molecule has 0 unspecified atom stereocenters. The fourth-order valence-electron chi connectivity index (χ4n) is 2.95. The summed E-state index contributed by atoms with van der Waals surface area (Å²) in [6.45, 7) is 7.21. The van der Waals surface area contributed by atoms with Crippen molar-refractivity contribution in [2.45, 2.75) is 46.1 Å². The Kier molecular flexibility index (Phi) is 6.77. The third-order valence-electron chi connectivity index (χ3n) is 4.57. The van der Waals surface area contributed by atoms with E-state index in [2.05, 4.69) is 10.6 Å². The van der Waals surface area contributed by atoms with Crippen molar-refractivity contribution in [1.29, 1.82) is 0 Å². The van der Waals surface area contributed by atoms with Gasteiger partial charge in [-0.3, -0.25) is 14.5 Å². The maximum Gasteiger partial charge on any atom is 0.340 e. The number of nitrogens with zero attached hydrogens (tertiary/aromatic N) is 1. The first-order valence-electron chi connectivity index (χ1n) is 9.38. The molecule has 1 aliphatic rings. The lowest BCUT2D eigenvalue weighted by Crippen LogP contribution is -2.44. The predicted octanol–water partition coefficient (Wildman–Crippen LogP) is 2.55. The first kappa shape index (κ1) is 21.4. The number of hydrogen-bond donors (Lipinski definition) is 2. The summed E-state index contributed by atoms with van der Waals surface area (Å²) in [7, 11) is 0. The van der Waals surface area contributed by atoms with Crippen LogP contribution in [0.1, 0.15) is 50.9 Å². The molecule has 1 saturated heterocycles. The predicted molar refractivity (Wildman–Crippen MR) is 104 cm³/mol. The number of carbonyl (C=O) groups excluding carboxylic acids is 4. The van der Waals surface area contributed by atoms with E-state index in [0.717, 1.165) is 11.3 Å². The monoisotopic (exact) mass is 389 g/mol. The molecule has 1 aromatic rings. The van der Waals surface area contributed by atoms with Crippen LogP contribution in [0.25, 0.3) is 0 Å². The number of benzene rings is 1. The second-order valence-corrected chi connectivity index (χ2v) is 7.40. The largest absolute Gasteiger partial charge is 0.462 e. The van der Waals surface area contributed by atoms with E-state index in [-0.39, 0.29) is 17.9 Å². The number of nitrogens with one attached hydrogen (secondary N) is 2. The van der Waals surface area contributed by atoms with Gasteiger partial charge in [-0.2, -0.15) is 0 Å². The molecule has 4 amide bonds. The van der Waals surface area contributed by atoms with Gasteiger partial charge in [-0.1, -0.05) is 26.0 Å². The van der Waals surface area contributed by atoms with Crippen LogP contribution in [0, 0.1) is 5.92 Å². The maximum absolute atomic E-state index is 12.7. The van der Waals surface area contributed by atoms with Gasteiger partial charge in [0.2, 0.25) is 5.91 Å². The first-order chi connectivity index (χ1) is 13.2. The lowest BCUT2D eigenvalue weighted by Gasteiger charge is -2.22. The topological polar surface area (TPSA) is 105 Å². The van der Waals surface area contributed by atoms with Gasteiger partial charge in [0.15, 0.2) is 0 Å².